The number of nitrogens with zero attached hydrogens (tertiary/aromatic N) is 4. The summed E-state index contributed by atoms with van der Waals surface area (Å²) in [6.45, 7) is 3.65. The van der Waals surface area contributed by atoms with Crippen molar-refractivity contribution in [3.63, 3.8) is 0 Å². The number of aromatic nitrogens is 2. The fraction of sp³-hybridized carbons (Fsp3) is 0.737. The van der Waals surface area contributed by atoms with E-state index < -0.39 is 0 Å². The van der Waals surface area contributed by atoms with Gasteiger partial charge in [-0.2, -0.15) is 0 Å². The van der Waals surface area contributed by atoms with Crippen LogP contribution in [0.25, 0.3) is 0 Å². The zero-order valence-electron chi connectivity index (χ0n) is 14.9. The Bertz CT molecular complexity index is 634. The van der Waals surface area contributed by atoms with E-state index in [-0.39, 0.29) is 17.9 Å². The number of rotatable bonds is 5. The molecular weight excluding hydrogens is 316 g/mol. The first-order chi connectivity index (χ1) is 12.2. The van der Waals surface area contributed by atoms with Crippen LogP contribution in [0, 0.1) is 5.41 Å². The Labute approximate surface area is 149 Å². The summed E-state index contributed by atoms with van der Waals surface area (Å²) in [7, 11) is 0. The number of carbonyl (C=O) groups is 1. The third kappa shape index (κ3) is 3.64. The molecule has 6 heteroatoms. The number of likely N-dealkylation sites (tertiary alicyclic amines) is 1. The second kappa shape index (κ2) is 6.90. The Morgan fingerprint density at radius 3 is 2.92 bits per heavy atom. The lowest BCUT2D eigenvalue weighted by molar-refractivity contribution is -0.138. The summed E-state index contributed by atoms with van der Waals surface area (Å²) >= 11 is 0. The second-order valence-corrected chi connectivity index (χ2v) is 7.99. The van der Waals surface area contributed by atoms with E-state index in [1.807, 2.05) is 4.90 Å². The molecule has 3 aliphatic rings. The van der Waals surface area contributed by atoms with Gasteiger partial charge in [-0.05, 0) is 38.5 Å². The monoisotopic (exact) mass is 344 g/mol. The summed E-state index contributed by atoms with van der Waals surface area (Å²) in [6, 6.07) is 2.17. The predicted molar refractivity (Wildman–Crippen MR) is 95.4 cm³/mol. The standard InChI is InChI=1S/C19H28N4O2/c24-10-2-9-23-13-19(7-5-18(23)25)6-1-8-22(12-19)17-11-16(15-3-4-15)20-14-21-17/h11,14-15,24H,1-10,12-13H2. The molecule has 0 bridgehead atoms. The number of aliphatic hydroxyl groups is 1. The summed E-state index contributed by atoms with van der Waals surface area (Å²) in [6.07, 6.45) is 8.81. The Kier molecular flexibility index (Phi) is 4.63. The molecule has 0 radical (unpaired) electrons. The maximum atomic E-state index is 12.2. The van der Waals surface area contributed by atoms with Crippen LogP contribution >= 0.6 is 0 Å². The van der Waals surface area contributed by atoms with Crippen molar-refractivity contribution in [1.82, 2.24) is 14.9 Å². The van der Waals surface area contributed by atoms with Crippen molar-refractivity contribution in [2.24, 2.45) is 5.41 Å². The first-order valence-electron chi connectivity index (χ1n) is 9.65. The molecule has 2 aliphatic heterocycles. The zero-order valence-corrected chi connectivity index (χ0v) is 14.9. The first kappa shape index (κ1) is 16.8. The predicted octanol–water partition coefficient (Wildman–Crippen LogP) is 1.95. The molecular formula is C19H28N4O2. The van der Waals surface area contributed by atoms with Crippen LogP contribution < -0.4 is 4.90 Å². The van der Waals surface area contributed by atoms with E-state index in [2.05, 4.69) is 20.9 Å². The van der Waals surface area contributed by atoms with Crippen LogP contribution in [0.2, 0.25) is 0 Å². The van der Waals surface area contributed by atoms with Gasteiger partial charge in [0.1, 0.15) is 12.1 Å². The molecule has 1 aromatic rings. The average molecular weight is 344 g/mol. The summed E-state index contributed by atoms with van der Waals surface area (Å²) < 4.78 is 0. The van der Waals surface area contributed by atoms with Crippen molar-refractivity contribution in [3.8, 4) is 0 Å². The molecule has 6 nitrogen and oxygen atoms in total. The van der Waals surface area contributed by atoms with E-state index in [1.54, 1.807) is 6.33 Å². The van der Waals surface area contributed by atoms with Gasteiger partial charge in [0.15, 0.2) is 0 Å². The maximum Gasteiger partial charge on any atom is 0.222 e. The Hall–Kier alpha value is -1.69. The number of hydrogen-bond acceptors (Lipinski definition) is 5. The summed E-state index contributed by atoms with van der Waals surface area (Å²) in [5, 5.41) is 9.09. The van der Waals surface area contributed by atoms with Gasteiger partial charge in [0.25, 0.3) is 0 Å². The van der Waals surface area contributed by atoms with Crippen molar-refractivity contribution in [1.29, 1.82) is 0 Å². The van der Waals surface area contributed by atoms with Crippen molar-refractivity contribution in [2.45, 2.75) is 50.9 Å². The zero-order chi connectivity index (χ0) is 17.3. The van der Waals surface area contributed by atoms with Gasteiger partial charge in [-0.25, -0.2) is 9.97 Å². The molecule has 136 valence electrons. The Morgan fingerprint density at radius 1 is 1.24 bits per heavy atom. The number of hydrogen-bond donors (Lipinski definition) is 1. The van der Waals surface area contributed by atoms with Crippen LogP contribution in [-0.2, 0) is 4.79 Å². The number of aliphatic hydroxyl groups excluding tert-OH is 1. The van der Waals surface area contributed by atoms with Gasteiger partial charge >= 0.3 is 0 Å². The number of carbonyl (C=O) groups excluding carboxylic acids is 1. The van der Waals surface area contributed by atoms with Gasteiger partial charge in [0.2, 0.25) is 5.91 Å². The highest BCUT2D eigenvalue weighted by Gasteiger charge is 2.42. The molecule has 1 spiro atoms. The fourth-order valence-electron chi connectivity index (χ4n) is 4.44. The van der Waals surface area contributed by atoms with Crippen LogP contribution in [0.15, 0.2) is 12.4 Å². The van der Waals surface area contributed by atoms with Gasteiger partial charge < -0.3 is 14.9 Å². The largest absolute Gasteiger partial charge is 0.396 e. The maximum absolute atomic E-state index is 12.2. The lowest BCUT2D eigenvalue weighted by Gasteiger charge is -2.48. The molecule has 1 aliphatic carbocycles. The smallest absolute Gasteiger partial charge is 0.222 e. The van der Waals surface area contributed by atoms with Crippen LogP contribution in [0.5, 0.6) is 0 Å². The van der Waals surface area contributed by atoms with Gasteiger partial charge in [0.05, 0.1) is 0 Å². The lowest BCUT2D eigenvalue weighted by Crippen LogP contribution is -2.54. The first-order valence-corrected chi connectivity index (χ1v) is 9.65. The molecule has 1 unspecified atom stereocenters. The van der Waals surface area contributed by atoms with Crippen LogP contribution in [0.3, 0.4) is 0 Å². The van der Waals surface area contributed by atoms with Crippen LogP contribution in [0.4, 0.5) is 5.82 Å². The van der Waals surface area contributed by atoms with E-state index in [0.29, 0.717) is 25.3 Å². The van der Waals surface area contributed by atoms with Crippen molar-refractivity contribution >= 4 is 11.7 Å². The number of amides is 1. The molecule has 1 aromatic heterocycles. The SMILES string of the molecule is O=C1CCC2(CCCN(c3cc(C4CC4)ncn3)C2)CN1CCCO. The second-order valence-electron chi connectivity index (χ2n) is 7.99. The van der Waals surface area contributed by atoms with E-state index in [4.69, 9.17) is 5.11 Å². The molecule has 3 heterocycles. The van der Waals surface area contributed by atoms with E-state index in [1.165, 1.54) is 25.0 Å². The van der Waals surface area contributed by atoms with Crippen LogP contribution in [-0.4, -0.2) is 58.7 Å². The van der Waals surface area contributed by atoms with Gasteiger partial charge in [-0.15, -0.1) is 0 Å². The third-order valence-electron chi connectivity index (χ3n) is 5.99. The third-order valence-corrected chi connectivity index (χ3v) is 5.99. The topological polar surface area (TPSA) is 69.6 Å². The highest BCUT2D eigenvalue weighted by Crippen LogP contribution is 2.42. The van der Waals surface area contributed by atoms with Crippen molar-refractivity contribution < 1.29 is 9.90 Å². The number of anilines is 1. The number of piperidine rings is 2. The molecule has 2 saturated heterocycles. The summed E-state index contributed by atoms with van der Waals surface area (Å²) in [5.74, 6) is 1.94. The highest BCUT2D eigenvalue weighted by atomic mass is 16.3. The molecule has 0 aromatic carbocycles. The Morgan fingerprint density at radius 2 is 2.12 bits per heavy atom. The quantitative estimate of drug-likeness (QED) is 0.884. The molecule has 25 heavy (non-hydrogen) atoms. The highest BCUT2D eigenvalue weighted by molar-refractivity contribution is 5.77. The molecule has 1 amide bonds. The Balaban J connectivity index is 1.48. The lowest BCUT2D eigenvalue weighted by atomic mass is 9.73. The van der Waals surface area contributed by atoms with Gasteiger partial charge in [0, 0.05) is 62.3 Å². The molecule has 1 N–H and O–H groups in total. The minimum absolute atomic E-state index is 0.147. The van der Waals surface area contributed by atoms with Crippen LogP contribution in [0.1, 0.15) is 56.6 Å². The molecule has 1 saturated carbocycles. The summed E-state index contributed by atoms with van der Waals surface area (Å²) in [5.41, 5.74) is 1.36. The minimum atomic E-state index is 0.147. The molecule has 1 atom stereocenters. The molecule has 3 fully saturated rings. The average Bonchev–Trinajstić information content (AvgIpc) is 3.48. The summed E-state index contributed by atoms with van der Waals surface area (Å²) in [4.78, 5) is 25.6. The van der Waals surface area contributed by atoms with E-state index >= 15 is 0 Å². The molecule has 4 rings (SSSR count). The van der Waals surface area contributed by atoms with E-state index in [0.717, 1.165) is 38.3 Å². The van der Waals surface area contributed by atoms with Gasteiger partial charge in [-0.3, -0.25) is 4.79 Å². The van der Waals surface area contributed by atoms with Gasteiger partial charge in [-0.1, -0.05) is 0 Å². The minimum Gasteiger partial charge on any atom is -0.396 e. The normalized spacial score (nSPS) is 27.2. The van der Waals surface area contributed by atoms with E-state index in [9.17, 15) is 4.79 Å². The van der Waals surface area contributed by atoms with Crippen molar-refractivity contribution in [2.75, 3.05) is 37.7 Å². The fourth-order valence-corrected chi connectivity index (χ4v) is 4.44. The van der Waals surface area contributed by atoms with Crippen molar-refractivity contribution in [3.05, 3.63) is 18.1 Å².